The van der Waals surface area contributed by atoms with Gasteiger partial charge in [0, 0.05) is 18.7 Å². The standard InChI is InChI=1S/C16H18N2O2/c1-11-7-12(2)18(10-11)15-5-3-13(4-6-16(19)20)8-14(15)9-17/h3-6,8,11-12H,7,10H2,1-2H3,(H,19,20)/b6-4+. The Morgan fingerprint density at radius 3 is 2.80 bits per heavy atom. The minimum atomic E-state index is -0.991. The number of nitrogens with zero attached hydrogens (tertiary/aromatic N) is 2. The molecule has 0 spiro atoms. The molecule has 2 rings (SSSR count). The SMILES string of the molecule is CC1CC(C)N(c2ccc(/C=C/C(=O)O)cc2C#N)C1. The van der Waals surface area contributed by atoms with Crippen molar-refractivity contribution in [3.63, 3.8) is 0 Å². The van der Waals surface area contributed by atoms with Gasteiger partial charge in [-0.3, -0.25) is 0 Å². The first-order chi connectivity index (χ1) is 9.51. The van der Waals surface area contributed by atoms with Gasteiger partial charge in [-0.05, 0) is 43.0 Å². The van der Waals surface area contributed by atoms with Crippen molar-refractivity contribution < 1.29 is 9.90 Å². The zero-order valence-electron chi connectivity index (χ0n) is 11.7. The second-order valence-corrected chi connectivity index (χ2v) is 5.40. The lowest BCUT2D eigenvalue weighted by Crippen LogP contribution is -2.27. The first-order valence-corrected chi connectivity index (χ1v) is 6.73. The summed E-state index contributed by atoms with van der Waals surface area (Å²) in [4.78, 5) is 12.8. The molecule has 0 aliphatic carbocycles. The van der Waals surface area contributed by atoms with E-state index < -0.39 is 5.97 Å². The van der Waals surface area contributed by atoms with Gasteiger partial charge < -0.3 is 10.0 Å². The van der Waals surface area contributed by atoms with E-state index in [1.165, 1.54) is 6.08 Å². The summed E-state index contributed by atoms with van der Waals surface area (Å²) in [6, 6.07) is 8.15. The Hall–Kier alpha value is -2.28. The second kappa shape index (κ2) is 5.79. The van der Waals surface area contributed by atoms with E-state index in [1.54, 1.807) is 6.07 Å². The van der Waals surface area contributed by atoms with Crippen LogP contribution in [0, 0.1) is 17.2 Å². The molecule has 104 valence electrons. The van der Waals surface area contributed by atoms with E-state index in [4.69, 9.17) is 5.11 Å². The van der Waals surface area contributed by atoms with Crippen LogP contribution in [0.4, 0.5) is 5.69 Å². The van der Waals surface area contributed by atoms with Crippen LogP contribution >= 0.6 is 0 Å². The van der Waals surface area contributed by atoms with E-state index in [1.807, 2.05) is 12.1 Å². The van der Waals surface area contributed by atoms with Crippen molar-refractivity contribution >= 4 is 17.7 Å². The molecular weight excluding hydrogens is 252 g/mol. The molecule has 0 saturated carbocycles. The Balaban J connectivity index is 2.32. The van der Waals surface area contributed by atoms with Crippen LogP contribution < -0.4 is 4.90 Å². The van der Waals surface area contributed by atoms with Crippen LogP contribution in [0.5, 0.6) is 0 Å². The van der Waals surface area contributed by atoms with Crippen LogP contribution in [0.25, 0.3) is 6.08 Å². The van der Waals surface area contributed by atoms with Gasteiger partial charge in [-0.2, -0.15) is 5.26 Å². The van der Waals surface area contributed by atoms with Crippen LogP contribution in [-0.4, -0.2) is 23.7 Å². The van der Waals surface area contributed by atoms with E-state index in [0.29, 0.717) is 17.5 Å². The summed E-state index contributed by atoms with van der Waals surface area (Å²) in [5.74, 6) is -0.363. The largest absolute Gasteiger partial charge is 0.478 e. The topological polar surface area (TPSA) is 64.3 Å². The van der Waals surface area contributed by atoms with Crippen LogP contribution in [0.15, 0.2) is 24.3 Å². The maximum Gasteiger partial charge on any atom is 0.328 e. The molecule has 2 unspecified atom stereocenters. The summed E-state index contributed by atoms with van der Waals surface area (Å²) in [7, 11) is 0. The molecule has 1 saturated heterocycles. The number of benzene rings is 1. The van der Waals surface area contributed by atoms with Crippen LogP contribution in [0.3, 0.4) is 0 Å². The van der Waals surface area contributed by atoms with Crippen LogP contribution in [-0.2, 0) is 4.79 Å². The summed E-state index contributed by atoms with van der Waals surface area (Å²) in [6.45, 7) is 5.34. The Labute approximate surface area is 118 Å². The highest BCUT2D eigenvalue weighted by Gasteiger charge is 2.27. The average Bonchev–Trinajstić information content (AvgIpc) is 2.74. The van der Waals surface area contributed by atoms with Crippen molar-refractivity contribution in [1.29, 1.82) is 5.26 Å². The molecule has 1 aromatic rings. The molecule has 1 aromatic carbocycles. The number of carboxylic acid groups (broad SMARTS) is 1. The fourth-order valence-electron chi connectivity index (χ4n) is 2.80. The number of hydrogen-bond donors (Lipinski definition) is 1. The van der Waals surface area contributed by atoms with Crippen molar-refractivity contribution in [2.24, 2.45) is 5.92 Å². The van der Waals surface area contributed by atoms with Gasteiger partial charge in [0.05, 0.1) is 11.3 Å². The lowest BCUT2D eigenvalue weighted by Gasteiger charge is -2.25. The van der Waals surface area contributed by atoms with Gasteiger partial charge >= 0.3 is 5.97 Å². The molecule has 0 bridgehead atoms. The Morgan fingerprint density at radius 1 is 1.50 bits per heavy atom. The third kappa shape index (κ3) is 3.00. The minimum absolute atomic E-state index is 0.428. The number of carboxylic acids is 1. The van der Waals surface area contributed by atoms with Crippen molar-refractivity contribution in [3.05, 3.63) is 35.4 Å². The molecule has 20 heavy (non-hydrogen) atoms. The van der Waals surface area contributed by atoms with Crippen LogP contribution in [0.2, 0.25) is 0 Å². The highest BCUT2D eigenvalue weighted by atomic mass is 16.4. The van der Waals surface area contributed by atoms with E-state index in [2.05, 4.69) is 24.8 Å². The maximum absolute atomic E-state index is 10.5. The van der Waals surface area contributed by atoms with Gasteiger partial charge in [0.15, 0.2) is 0 Å². The summed E-state index contributed by atoms with van der Waals surface area (Å²) in [5.41, 5.74) is 2.27. The molecule has 1 fully saturated rings. The minimum Gasteiger partial charge on any atom is -0.478 e. The smallest absolute Gasteiger partial charge is 0.328 e. The zero-order valence-corrected chi connectivity index (χ0v) is 11.7. The molecule has 2 atom stereocenters. The quantitative estimate of drug-likeness (QED) is 0.858. The molecule has 1 aliphatic heterocycles. The molecule has 4 nitrogen and oxygen atoms in total. The molecule has 1 N–H and O–H groups in total. The van der Waals surface area contributed by atoms with E-state index in [0.717, 1.165) is 30.3 Å². The molecule has 1 aliphatic rings. The highest BCUT2D eigenvalue weighted by Crippen LogP contribution is 2.31. The predicted molar refractivity (Wildman–Crippen MR) is 78.4 cm³/mol. The van der Waals surface area contributed by atoms with Crippen LogP contribution in [0.1, 0.15) is 31.4 Å². The van der Waals surface area contributed by atoms with Gasteiger partial charge in [0.1, 0.15) is 6.07 Å². The van der Waals surface area contributed by atoms with Gasteiger partial charge in [-0.1, -0.05) is 13.0 Å². The summed E-state index contributed by atoms with van der Waals surface area (Å²) in [6.07, 6.45) is 3.71. The summed E-state index contributed by atoms with van der Waals surface area (Å²) in [5, 5.41) is 17.9. The number of carbonyl (C=O) groups is 1. The molecule has 0 aromatic heterocycles. The van der Waals surface area contributed by atoms with Crippen molar-refractivity contribution in [3.8, 4) is 6.07 Å². The molecule has 0 radical (unpaired) electrons. The molecule has 0 amide bonds. The Morgan fingerprint density at radius 2 is 2.25 bits per heavy atom. The number of aliphatic carboxylic acids is 1. The Kier molecular flexibility index (Phi) is 4.09. The molecule has 1 heterocycles. The lowest BCUT2D eigenvalue weighted by molar-refractivity contribution is -0.131. The average molecular weight is 270 g/mol. The Bertz CT molecular complexity index is 587. The predicted octanol–water partition coefficient (Wildman–Crippen LogP) is 2.89. The van der Waals surface area contributed by atoms with Gasteiger partial charge in [0.25, 0.3) is 0 Å². The normalized spacial score (nSPS) is 22.1. The first kappa shape index (κ1) is 14.1. The number of rotatable bonds is 3. The fourth-order valence-corrected chi connectivity index (χ4v) is 2.80. The third-order valence-electron chi connectivity index (χ3n) is 3.65. The van der Waals surface area contributed by atoms with Crippen molar-refractivity contribution in [1.82, 2.24) is 0 Å². The molecular formula is C16H18N2O2. The zero-order chi connectivity index (χ0) is 14.7. The van der Waals surface area contributed by atoms with Crippen molar-refractivity contribution in [2.75, 3.05) is 11.4 Å². The monoisotopic (exact) mass is 270 g/mol. The van der Waals surface area contributed by atoms with Gasteiger partial charge in [0.2, 0.25) is 0 Å². The van der Waals surface area contributed by atoms with E-state index in [-0.39, 0.29) is 0 Å². The number of nitriles is 1. The number of hydrogen-bond acceptors (Lipinski definition) is 3. The second-order valence-electron chi connectivity index (χ2n) is 5.40. The van der Waals surface area contributed by atoms with E-state index >= 15 is 0 Å². The summed E-state index contributed by atoms with van der Waals surface area (Å²) >= 11 is 0. The third-order valence-corrected chi connectivity index (χ3v) is 3.65. The van der Waals surface area contributed by atoms with Gasteiger partial charge in [-0.15, -0.1) is 0 Å². The molecule has 4 heteroatoms. The highest BCUT2D eigenvalue weighted by molar-refractivity contribution is 5.85. The fraction of sp³-hybridized carbons (Fsp3) is 0.375. The van der Waals surface area contributed by atoms with E-state index in [9.17, 15) is 10.1 Å². The summed E-state index contributed by atoms with van der Waals surface area (Å²) < 4.78 is 0. The number of anilines is 1. The first-order valence-electron chi connectivity index (χ1n) is 6.73. The lowest BCUT2D eigenvalue weighted by atomic mass is 10.1. The van der Waals surface area contributed by atoms with Crippen molar-refractivity contribution in [2.45, 2.75) is 26.3 Å². The van der Waals surface area contributed by atoms with Gasteiger partial charge in [-0.25, -0.2) is 4.79 Å². The maximum atomic E-state index is 10.5.